The van der Waals surface area contributed by atoms with E-state index in [4.69, 9.17) is 9.47 Å². The molecule has 1 saturated carbocycles. The van der Waals surface area contributed by atoms with E-state index in [1.165, 1.54) is 5.57 Å². The lowest BCUT2D eigenvalue weighted by Crippen LogP contribution is -2.50. The molecule has 3 heterocycles. The first-order valence-corrected chi connectivity index (χ1v) is 12.1. The summed E-state index contributed by atoms with van der Waals surface area (Å²) >= 11 is 0. The van der Waals surface area contributed by atoms with Gasteiger partial charge in [0.25, 0.3) is 5.91 Å². The van der Waals surface area contributed by atoms with Crippen LogP contribution in [-0.4, -0.2) is 71.7 Å². The molecule has 3 aliphatic heterocycles. The van der Waals surface area contributed by atoms with Crippen LogP contribution in [0.1, 0.15) is 43.5 Å². The molecule has 1 aromatic carbocycles. The van der Waals surface area contributed by atoms with E-state index >= 15 is 0 Å². The molecule has 170 valence electrons. The summed E-state index contributed by atoms with van der Waals surface area (Å²) < 4.78 is 12.4. The molecule has 0 bridgehead atoms. The van der Waals surface area contributed by atoms with Gasteiger partial charge in [-0.3, -0.25) is 14.5 Å². The predicted molar refractivity (Wildman–Crippen MR) is 119 cm³/mol. The standard InChI is InChI=1S/C26H32N2O4/c1-17-8-11-26-21(17)22-19(9-10-25(26,2)32-26)20(24(30)31-22)16-27-12-14-28(15-13-27)23(29)18-6-4-3-5-7-18/h3-8,19-22H,9-16H2,1-2H3/t19-,20?,21+,22-,25-,26+/m0/s1. The third-order valence-electron chi connectivity index (χ3n) is 8.89. The number of carbonyl (C=O) groups is 2. The van der Waals surface area contributed by atoms with Crippen LogP contribution in [0.5, 0.6) is 0 Å². The molecule has 4 fully saturated rings. The summed E-state index contributed by atoms with van der Waals surface area (Å²) in [6, 6.07) is 9.47. The maximum absolute atomic E-state index is 13.0. The molecule has 6 atom stereocenters. The van der Waals surface area contributed by atoms with Gasteiger partial charge >= 0.3 is 5.97 Å². The van der Waals surface area contributed by atoms with Gasteiger partial charge in [-0.2, -0.15) is 0 Å². The van der Waals surface area contributed by atoms with Crippen molar-refractivity contribution < 1.29 is 19.1 Å². The number of nitrogens with zero attached hydrogens (tertiary/aromatic N) is 2. The predicted octanol–water partition coefficient (Wildman–Crippen LogP) is 2.89. The molecular formula is C26H32N2O4. The SMILES string of the molecule is CC1=CC[C@]23O[C@@]2(C)CC[C@H]2C(CN4CCN(C(=O)c5ccccc5)CC4)C(=O)O[C@@H]2[C@@H]13. The van der Waals surface area contributed by atoms with Crippen molar-refractivity contribution >= 4 is 11.9 Å². The number of fused-ring (bicyclic) bond motifs is 2. The Bertz CT molecular complexity index is 969. The molecule has 0 N–H and O–H groups in total. The van der Waals surface area contributed by atoms with Crippen molar-refractivity contribution in [2.45, 2.75) is 50.4 Å². The number of ether oxygens (including phenoxy) is 2. The summed E-state index contributed by atoms with van der Waals surface area (Å²) in [5, 5.41) is 0. The van der Waals surface area contributed by atoms with Crippen molar-refractivity contribution in [3.05, 3.63) is 47.5 Å². The Kier molecular flexibility index (Phi) is 4.57. The Morgan fingerprint density at radius 3 is 2.66 bits per heavy atom. The van der Waals surface area contributed by atoms with E-state index in [0.29, 0.717) is 13.1 Å². The summed E-state index contributed by atoms with van der Waals surface area (Å²) in [7, 11) is 0. The highest BCUT2D eigenvalue weighted by Crippen LogP contribution is 2.67. The maximum atomic E-state index is 13.0. The lowest BCUT2D eigenvalue weighted by atomic mass is 9.77. The molecule has 6 rings (SSSR count). The minimum Gasteiger partial charge on any atom is -0.461 e. The van der Waals surface area contributed by atoms with Crippen LogP contribution in [0.15, 0.2) is 42.0 Å². The molecule has 0 aromatic heterocycles. The average molecular weight is 437 g/mol. The number of amides is 1. The summed E-state index contributed by atoms with van der Waals surface area (Å²) in [4.78, 5) is 30.0. The Balaban J connectivity index is 1.12. The van der Waals surface area contributed by atoms with Crippen LogP contribution in [0.3, 0.4) is 0 Å². The van der Waals surface area contributed by atoms with Crippen molar-refractivity contribution in [3.8, 4) is 0 Å². The second kappa shape index (κ2) is 7.16. The molecular weight excluding hydrogens is 404 g/mol. The van der Waals surface area contributed by atoms with Crippen molar-refractivity contribution in [2.75, 3.05) is 32.7 Å². The molecule has 1 unspecified atom stereocenters. The van der Waals surface area contributed by atoms with E-state index in [0.717, 1.165) is 44.5 Å². The van der Waals surface area contributed by atoms with Gasteiger partial charge in [-0.25, -0.2) is 0 Å². The van der Waals surface area contributed by atoms with E-state index in [2.05, 4.69) is 24.8 Å². The monoisotopic (exact) mass is 436 g/mol. The first-order chi connectivity index (χ1) is 15.4. The van der Waals surface area contributed by atoms with Crippen molar-refractivity contribution in [3.63, 3.8) is 0 Å². The highest BCUT2D eigenvalue weighted by atomic mass is 16.6. The number of esters is 1. The molecule has 3 saturated heterocycles. The molecule has 1 spiro atoms. The fourth-order valence-corrected chi connectivity index (χ4v) is 6.97. The summed E-state index contributed by atoms with van der Waals surface area (Å²) in [5.41, 5.74) is 1.85. The van der Waals surface area contributed by atoms with Gasteiger partial charge in [0.1, 0.15) is 11.7 Å². The second-order valence-corrected chi connectivity index (χ2v) is 10.5. The quantitative estimate of drug-likeness (QED) is 0.414. The highest BCUT2D eigenvalue weighted by molar-refractivity contribution is 5.94. The Morgan fingerprint density at radius 1 is 1.16 bits per heavy atom. The van der Waals surface area contributed by atoms with E-state index in [1.54, 1.807) is 0 Å². The van der Waals surface area contributed by atoms with Gasteiger partial charge in [0.05, 0.1) is 11.5 Å². The van der Waals surface area contributed by atoms with Crippen LogP contribution in [0.25, 0.3) is 0 Å². The van der Waals surface area contributed by atoms with Gasteiger partial charge in [0, 0.05) is 50.1 Å². The highest BCUT2D eigenvalue weighted by Gasteiger charge is 2.75. The van der Waals surface area contributed by atoms with Crippen LogP contribution in [0.4, 0.5) is 0 Å². The summed E-state index contributed by atoms with van der Waals surface area (Å²) in [6.07, 6.45) is 5.16. The minimum atomic E-state index is -0.144. The third-order valence-corrected chi connectivity index (χ3v) is 8.89. The fraction of sp³-hybridized carbons (Fsp3) is 0.615. The molecule has 5 aliphatic rings. The van der Waals surface area contributed by atoms with E-state index in [9.17, 15) is 9.59 Å². The molecule has 32 heavy (non-hydrogen) atoms. The number of epoxide rings is 1. The van der Waals surface area contributed by atoms with Crippen LogP contribution < -0.4 is 0 Å². The number of carbonyl (C=O) groups excluding carboxylic acids is 2. The number of hydrogen-bond acceptors (Lipinski definition) is 5. The normalized spacial score (nSPS) is 40.6. The van der Waals surface area contributed by atoms with E-state index < -0.39 is 0 Å². The Morgan fingerprint density at radius 2 is 1.91 bits per heavy atom. The summed E-state index contributed by atoms with van der Waals surface area (Å²) in [6.45, 7) is 8.14. The fourth-order valence-electron chi connectivity index (χ4n) is 6.97. The van der Waals surface area contributed by atoms with Gasteiger partial charge < -0.3 is 14.4 Å². The van der Waals surface area contributed by atoms with Crippen molar-refractivity contribution in [2.24, 2.45) is 17.8 Å². The largest absolute Gasteiger partial charge is 0.461 e. The third kappa shape index (κ3) is 2.92. The second-order valence-electron chi connectivity index (χ2n) is 10.5. The smallest absolute Gasteiger partial charge is 0.310 e. The number of rotatable bonds is 3. The van der Waals surface area contributed by atoms with Gasteiger partial charge in [0.15, 0.2) is 0 Å². The van der Waals surface area contributed by atoms with Gasteiger partial charge in [-0.1, -0.05) is 29.8 Å². The maximum Gasteiger partial charge on any atom is 0.310 e. The number of piperazine rings is 1. The Hall–Kier alpha value is -2.18. The lowest BCUT2D eigenvalue weighted by Gasteiger charge is -2.36. The first kappa shape index (κ1) is 20.4. The van der Waals surface area contributed by atoms with Crippen molar-refractivity contribution in [1.82, 2.24) is 9.80 Å². The van der Waals surface area contributed by atoms with Gasteiger partial charge in [-0.15, -0.1) is 0 Å². The van der Waals surface area contributed by atoms with Crippen LogP contribution in [0, 0.1) is 17.8 Å². The van der Waals surface area contributed by atoms with Crippen LogP contribution in [0.2, 0.25) is 0 Å². The van der Waals surface area contributed by atoms with Crippen LogP contribution in [-0.2, 0) is 14.3 Å². The molecule has 6 heteroatoms. The summed E-state index contributed by atoms with van der Waals surface area (Å²) in [5.74, 6) is 0.428. The number of hydrogen-bond donors (Lipinski definition) is 0. The van der Waals surface area contributed by atoms with E-state index in [-0.39, 0.29) is 46.9 Å². The van der Waals surface area contributed by atoms with Gasteiger partial charge in [-0.05, 0) is 45.2 Å². The van der Waals surface area contributed by atoms with E-state index in [1.807, 2.05) is 35.2 Å². The molecule has 1 amide bonds. The first-order valence-electron chi connectivity index (χ1n) is 12.1. The molecule has 2 aliphatic carbocycles. The minimum absolute atomic E-state index is 0.0399. The molecule has 6 nitrogen and oxygen atoms in total. The van der Waals surface area contributed by atoms with Crippen molar-refractivity contribution in [1.29, 1.82) is 0 Å². The zero-order valence-electron chi connectivity index (χ0n) is 19.0. The zero-order chi connectivity index (χ0) is 22.1. The topological polar surface area (TPSA) is 62.4 Å². The lowest BCUT2D eigenvalue weighted by molar-refractivity contribution is -0.146. The molecule has 0 radical (unpaired) electrons. The molecule has 1 aromatic rings. The zero-order valence-corrected chi connectivity index (χ0v) is 19.0. The number of benzene rings is 1. The average Bonchev–Trinajstić information content (AvgIpc) is 3.12. The Labute approximate surface area is 189 Å². The van der Waals surface area contributed by atoms with Crippen LogP contribution >= 0.6 is 0 Å². The van der Waals surface area contributed by atoms with Gasteiger partial charge in [0.2, 0.25) is 0 Å².